The Labute approximate surface area is 139 Å². The molecular formula is C19H17FO4. The van der Waals surface area contributed by atoms with E-state index in [1.54, 1.807) is 30.3 Å². The number of ether oxygens (including phenoxy) is 3. The van der Waals surface area contributed by atoms with Crippen molar-refractivity contribution in [3.05, 3.63) is 65.5 Å². The van der Waals surface area contributed by atoms with E-state index in [4.69, 9.17) is 14.2 Å². The molecule has 3 rings (SSSR count). The predicted molar refractivity (Wildman–Crippen MR) is 87.3 cm³/mol. The van der Waals surface area contributed by atoms with E-state index < -0.39 is 11.8 Å². The average Bonchev–Trinajstić information content (AvgIpc) is 2.84. The van der Waals surface area contributed by atoms with Gasteiger partial charge in [-0.05, 0) is 29.8 Å². The van der Waals surface area contributed by atoms with Gasteiger partial charge in [0.25, 0.3) is 0 Å². The second-order valence-corrected chi connectivity index (χ2v) is 5.29. The Kier molecular flexibility index (Phi) is 5.11. The highest BCUT2D eigenvalue weighted by Gasteiger charge is 2.10. The Balaban J connectivity index is 1.60. The summed E-state index contributed by atoms with van der Waals surface area (Å²) >= 11 is 0. The van der Waals surface area contributed by atoms with E-state index in [9.17, 15) is 9.18 Å². The van der Waals surface area contributed by atoms with Gasteiger partial charge in [-0.2, -0.15) is 0 Å². The summed E-state index contributed by atoms with van der Waals surface area (Å²) in [4.78, 5) is 11.8. The molecule has 24 heavy (non-hydrogen) atoms. The number of halogens is 1. The molecule has 124 valence electrons. The average molecular weight is 328 g/mol. The van der Waals surface area contributed by atoms with Crippen molar-refractivity contribution >= 4 is 12.0 Å². The Morgan fingerprint density at radius 2 is 1.92 bits per heavy atom. The highest BCUT2D eigenvalue weighted by molar-refractivity contribution is 5.87. The first kappa shape index (κ1) is 16.1. The van der Waals surface area contributed by atoms with E-state index in [1.165, 1.54) is 12.1 Å². The van der Waals surface area contributed by atoms with Gasteiger partial charge in [-0.1, -0.05) is 24.3 Å². The van der Waals surface area contributed by atoms with Crippen LogP contribution >= 0.6 is 0 Å². The van der Waals surface area contributed by atoms with Crippen LogP contribution in [0.1, 0.15) is 17.5 Å². The zero-order valence-corrected chi connectivity index (χ0v) is 13.0. The molecule has 0 saturated heterocycles. The van der Waals surface area contributed by atoms with Gasteiger partial charge in [-0.25, -0.2) is 9.18 Å². The number of carbonyl (C=O) groups is 1. The number of esters is 1. The summed E-state index contributed by atoms with van der Waals surface area (Å²) in [6, 6.07) is 11.6. The minimum atomic E-state index is -0.537. The number of fused-ring (bicyclic) bond motifs is 1. The van der Waals surface area contributed by atoms with Crippen LogP contribution in [0.2, 0.25) is 0 Å². The first-order chi connectivity index (χ1) is 11.7. The van der Waals surface area contributed by atoms with E-state index in [0.717, 1.165) is 12.0 Å². The smallest absolute Gasteiger partial charge is 0.331 e. The molecule has 0 fully saturated rings. The Morgan fingerprint density at radius 1 is 1.12 bits per heavy atom. The lowest BCUT2D eigenvalue weighted by Crippen LogP contribution is -2.02. The van der Waals surface area contributed by atoms with Crippen LogP contribution in [-0.2, 0) is 16.1 Å². The van der Waals surface area contributed by atoms with Crippen molar-refractivity contribution in [3.8, 4) is 11.5 Å². The molecule has 1 heterocycles. The number of carbonyl (C=O) groups excluding carboxylic acids is 1. The van der Waals surface area contributed by atoms with Crippen LogP contribution in [-0.4, -0.2) is 19.2 Å². The summed E-state index contributed by atoms with van der Waals surface area (Å²) < 4.78 is 29.6. The van der Waals surface area contributed by atoms with Gasteiger partial charge in [-0.15, -0.1) is 0 Å². The predicted octanol–water partition coefficient (Wildman–Crippen LogP) is 3.74. The lowest BCUT2D eigenvalue weighted by Gasteiger charge is -2.07. The summed E-state index contributed by atoms with van der Waals surface area (Å²) in [6.45, 7) is 1.13. The van der Waals surface area contributed by atoms with Crippen LogP contribution in [0.3, 0.4) is 0 Å². The van der Waals surface area contributed by atoms with Gasteiger partial charge < -0.3 is 14.2 Å². The molecule has 0 atom stereocenters. The molecule has 0 N–H and O–H groups in total. The van der Waals surface area contributed by atoms with Gasteiger partial charge in [0.1, 0.15) is 12.4 Å². The fourth-order valence-corrected chi connectivity index (χ4v) is 2.26. The molecular weight excluding hydrogens is 311 g/mol. The molecule has 0 spiro atoms. The third kappa shape index (κ3) is 4.13. The van der Waals surface area contributed by atoms with Crippen molar-refractivity contribution in [1.29, 1.82) is 0 Å². The second kappa shape index (κ2) is 7.64. The number of hydrogen-bond acceptors (Lipinski definition) is 4. The molecule has 0 aliphatic carbocycles. The van der Waals surface area contributed by atoms with Crippen LogP contribution in [0.25, 0.3) is 6.08 Å². The van der Waals surface area contributed by atoms with Crippen LogP contribution in [0.4, 0.5) is 4.39 Å². The fourth-order valence-electron chi connectivity index (χ4n) is 2.26. The van der Waals surface area contributed by atoms with Crippen molar-refractivity contribution < 1.29 is 23.4 Å². The number of rotatable bonds is 4. The minimum Gasteiger partial charge on any atom is -0.490 e. The van der Waals surface area contributed by atoms with Gasteiger partial charge >= 0.3 is 5.97 Å². The maximum atomic E-state index is 13.4. The van der Waals surface area contributed by atoms with Gasteiger partial charge in [-0.3, -0.25) is 0 Å². The minimum absolute atomic E-state index is 0.100. The molecule has 0 aromatic heterocycles. The lowest BCUT2D eigenvalue weighted by molar-refractivity contribution is -0.138. The molecule has 0 radical (unpaired) electrons. The Morgan fingerprint density at radius 3 is 2.75 bits per heavy atom. The highest BCUT2D eigenvalue weighted by Crippen LogP contribution is 2.30. The van der Waals surface area contributed by atoms with E-state index in [1.807, 2.05) is 12.1 Å². The number of hydrogen-bond donors (Lipinski definition) is 0. The summed E-state index contributed by atoms with van der Waals surface area (Å²) in [7, 11) is 0. The summed E-state index contributed by atoms with van der Waals surface area (Å²) in [6.07, 6.45) is 3.76. The first-order valence-corrected chi connectivity index (χ1v) is 7.70. The fraction of sp³-hybridized carbons (Fsp3) is 0.211. The Bertz CT molecular complexity index is 755. The van der Waals surface area contributed by atoms with Gasteiger partial charge in [0, 0.05) is 18.1 Å². The van der Waals surface area contributed by atoms with Crippen molar-refractivity contribution in [2.45, 2.75) is 13.0 Å². The molecule has 0 unspecified atom stereocenters. The van der Waals surface area contributed by atoms with Crippen molar-refractivity contribution in [3.63, 3.8) is 0 Å². The summed E-state index contributed by atoms with van der Waals surface area (Å²) in [5.74, 6) is 0.434. The summed E-state index contributed by atoms with van der Waals surface area (Å²) in [5, 5.41) is 0. The molecule has 2 aromatic rings. The maximum absolute atomic E-state index is 13.4. The van der Waals surface area contributed by atoms with Gasteiger partial charge in [0.15, 0.2) is 11.5 Å². The van der Waals surface area contributed by atoms with Crippen molar-refractivity contribution in [2.24, 2.45) is 0 Å². The molecule has 5 heteroatoms. The zero-order chi connectivity index (χ0) is 16.8. The van der Waals surface area contributed by atoms with Crippen LogP contribution in [0, 0.1) is 5.82 Å². The van der Waals surface area contributed by atoms with Crippen molar-refractivity contribution in [2.75, 3.05) is 13.2 Å². The molecule has 4 nitrogen and oxygen atoms in total. The van der Waals surface area contributed by atoms with E-state index in [-0.39, 0.29) is 6.61 Å². The maximum Gasteiger partial charge on any atom is 0.331 e. The monoisotopic (exact) mass is 328 g/mol. The third-order valence-corrected chi connectivity index (χ3v) is 3.51. The normalized spacial score (nSPS) is 13.5. The van der Waals surface area contributed by atoms with E-state index in [2.05, 4.69) is 0 Å². The SMILES string of the molecule is O=C(/C=C/c1ccc2c(c1)OCCCO2)OCc1ccccc1F. The van der Waals surface area contributed by atoms with Crippen molar-refractivity contribution in [1.82, 2.24) is 0 Å². The van der Waals surface area contributed by atoms with Gasteiger partial charge in [0.05, 0.1) is 13.2 Å². The highest BCUT2D eigenvalue weighted by atomic mass is 19.1. The quantitative estimate of drug-likeness (QED) is 0.633. The molecule has 2 aromatic carbocycles. The van der Waals surface area contributed by atoms with Crippen LogP contribution in [0.5, 0.6) is 11.5 Å². The zero-order valence-electron chi connectivity index (χ0n) is 13.0. The molecule has 0 saturated carbocycles. The second-order valence-electron chi connectivity index (χ2n) is 5.29. The largest absolute Gasteiger partial charge is 0.490 e. The van der Waals surface area contributed by atoms with E-state index in [0.29, 0.717) is 30.3 Å². The molecule has 1 aliphatic rings. The molecule has 0 bridgehead atoms. The lowest BCUT2D eigenvalue weighted by atomic mass is 10.2. The van der Waals surface area contributed by atoms with Crippen LogP contribution < -0.4 is 9.47 Å². The standard InChI is InChI=1S/C19H17FO4/c20-16-5-2-1-4-15(16)13-24-19(21)9-7-14-6-8-17-18(12-14)23-11-3-10-22-17/h1-2,4-9,12H,3,10-11,13H2/b9-7+. The third-order valence-electron chi connectivity index (χ3n) is 3.51. The first-order valence-electron chi connectivity index (χ1n) is 7.70. The van der Waals surface area contributed by atoms with Crippen LogP contribution in [0.15, 0.2) is 48.5 Å². The Hall–Kier alpha value is -2.82. The molecule has 1 aliphatic heterocycles. The molecule has 0 amide bonds. The van der Waals surface area contributed by atoms with E-state index >= 15 is 0 Å². The van der Waals surface area contributed by atoms with Gasteiger partial charge in [0.2, 0.25) is 0 Å². The number of benzene rings is 2. The topological polar surface area (TPSA) is 44.8 Å². The summed E-state index contributed by atoms with van der Waals surface area (Å²) in [5.41, 5.74) is 1.14.